The minimum absolute atomic E-state index is 0.0949. The van der Waals surface area contributed by atoms with Crippen molar-refractivity contribution in [1.82, 2.24) is 0 Å². The van der Waals surface area contributed by atoms with Gasteiger partial charge in [-0.3, -0.25) is 0 Å². The van der Waals surface area contributed by atoms with Crippen molar-refractivity contribution in [3.05, 3.63) is 77.1 Å². The molecule has 3 heteroatoms. The van der Waals surface area contributed by atoms with Crippen LogP contribution in [0.25, 0.3) is 6.08 Å². The third-order valence-electron chi connectivity index (χ3n) is 2.48. The summed E-state index contributed by atoms with van der Waals surface area (Å²) >= 11 is 0. The van der Waals surface area contributed by atoms with Crippen molar-refractivity contribution >= 4 is 6.08 Å². The van der Waals surface area contributed by atoms with Crippen LogP contribution in [0.2, 0.25) is 0 Å². The van der Waals surface area contributed by atoms with Crippen LogP contribution >= 0.6 is 0 Å². The maximum Gasteiger partial charge on any atom is 0.123 e. The molecule has 0 amide bonds. The third-order valence-corrected chi connectivity index (χ3v) is 2.48. The van der Waals surface area contributed by atoms with Gasteiger partial charge in [0.05, 0.1) is 0 Å². The lowest BCUT2D eigenvalue weighted by Gasteiger charge is -2.00. The molecule has 0 unspecified atom stereocenters. The zero-order valence-corrected chi connectivity index (χ0v) is 9.54. The SMILES string of the molecule is F/C(=C\c1ccc(F)cc1)Cc1ccc(F)cc1. The highest BCUT2D eigenvalue weighted by atomic mass is 19.1. The maximum absolute atomic E-state index is 13.6. The van der Waals surface area contributed by atoms with Crippen molar-refractivity contribution < 1.29 is 13.2 Å². The van der Waals surface area contributed by atoms with Crippen molar-refractivity contribution in [1.29, 1.82) is 0 Å². The minimum atomic E-state index is -0.355. The molecule has 0 saturated heterocycles. The molecule has 0 aliphatic rings. The molecule has 0 aromatic heterocycles. The van der Waals surface area contributed by atoms with Crippen LogP contribution in [-0.2, 0) is 6.42 Å². The van der Waals surface area contributed by atoms with E-state index in [1.165, 1.54) is 54.6 Å². The molecule has 18 heavy (non-hydrogen) atoms. The van der Waals surface area contributed by atoms with E-state index < -0.39 is 0 Å². The van der Waals surface area contributed by atoms with Gasteiger partial charge >= 0.3 is 0 Å². The number of hydrogen-bond donors (Lipinski definition) is 0. The first-order valence-electron chi connectivity index (χ1n) is 5.49. The van der Waals surface area contributed by atoms with Gasteiger partial charge in [0, 0.05) is 6.42 Å². The van der Waals surface area contributed by atoms with E-state index >= 15 is 0 Å². The quantitative estimate of drug-likeness (QED) is 0.749. The largest absolute Gasteiger partial charge is 0.211 e. The fraction of sp³-hybridized carbons (Fsp3) is 0.0667. The Bertz CT molecular complexity index is 539. The lowest BCUT2D eigenvalue weighted by Crippen LogP contribution is -1.86. The molecule has 0 N–H and O–H groups in total. The molecule has 2 aromatic rings. The summed E-state index contributed by atoms with van der Waals surface area (Å²) in [5, 5.41) is 0. The Morgan fingerprint density at radius 2 is 1.33 bits per heavy atom. The summed E-state index contributed by atoms with van der Waals surface area (Å²) in [5.41, 5.74) is 1.28. The Morgan fingerprint density at radius 1 is 0.833 bits per heavy atom. The Morgan fingerprint density at radius 3 is 1.89 bits per heavy atom. The van der Waals surface area contributed by atoms with E-state index in [4.69, 9.17) is 0 Å². The van der Waals surface area contributed by atoms with Gasteiger partial charge in [-0.15, -0.1) is 0 Å². The molecule has 0 fully saturated rings. The van der Waals surface area contributed by atoms with Crippen molar-refractivity contribution in [3.63, 3.8) is 0 Å². The zero-order valence-electron chi connectivity index (χ0n) is 9.54. The van der Waals surface area contributed by atoms with Gasteiger partial charge < -0.3 is 0 Å². The highest BCUT2D eigenvalue weighted by Gasteiger charge is 2.00. The lowest BCUT2D eigenvalue weighted by molar-refractivity contribution is 0.614. The number of halogens is 3. The summed E-state index contributed by atoms with van der Waals surface area (Å²) in [7, 11) is 0. The zero-order chi connectivity index (χ0) is 13.0. The molecule has 92 valence electrons. The van der Waals surface area contributed by atoms with Gasteiger partial charge in [-0.05, 0) is 41.5 Å². The molecule has 0 bridgehead atoms. The van der Waals surface area contributed by atoms with E-state index in [0.717, 1.165) is 0 Å². The third kappa shape index (κ3) is 3.48. The van der Waals surface area contributed by atoms with Gasteiger partial charge in [0.2, 0.25) is 0 Å². The van der Waals surface area contributed by atoms with E-state index in [9.17, 15) is 13.2 Å². The second-order valence-electron chi connectivity index (χ2n) is 3.95. The summed E-state index contributed by atoms with van der Waals surface area (Å²) < 4.78 is 39.0. The van der Waals surface area contributed by atoms with E-state index in [-0.39, 0.29) is 23.9 Å². The summed E-state index contributed by atoms with van der Waals surface area (Å²) in [4.78, 5) is 0. The molecule has 2 aromatic carbocycles. The summed E-state index contributed by atoms with van der Waals surface area (Å²) in [6.45, 7) is 0. The molecule has 0 saturated carbocycles. The lowest BCUT2D eigenvalue weighted by atomic mass is 10.1. The first-order valence-corrected chi connectivity index (χ1v) is 5.49. The van der Waals surface area contributed by atoms with Crippen molar-refractivity contribution in [2.75, 3.05) is 0 Å². The topological polar surface area (TPSA) is 0 Å². The Hall–Kier alpha value is -2.03. The van der Waals surface area contributed by atoms with Crippen LogP contribution in [0.1, 0.15) is 11.1 Å². The molecule has 0 atom stereocenters. The van der Waals surface area contributed by atoms with Crippen LogP contribution < -0.4 is 0 Å². The van der Waals surface area contributed by atoms with Crippen molar-refractivity contribution in [2.45, 2.75) is 6.42 Å². The van der Waals surface area contributed by atoms with E-state index in [1.807, 2.05) is 0 Å². The van der Waals surface area contributed by atoms with Gasteiger partial charge in [-0.1, -0.05) is 24.3 Å². The minimum Gasteiger partial charge on any atom is -0.211 e. The van der Waals surface area contributed by atoms with Crippen LogP contribution in [0.5, 0.6) is 0 Å². The van der Waals surface area contributed by atoms with Gasteiger partial charge in [0.25, 0.3) is 0 Å². The molecule has 0 radical (unpaired) electrons. The van der Waals surface area contributed by atoms with Crippen molar-refractivity contribution in [3.8, 4) is 0 Å². The smallest absolute Gasteiger partial charge is 0.123 e. The molecule has 0 nitrogen and oxygen atoms in total. The average molecular weight is 248 g/mol. The second-order valence-corrected chi connectivity index (χ2v) is 3.95. The fourth-order valence-corrected chi connectivity index (χ4v) is 1.59. The first kappa shape index (κ1) is 12.4. The number of allylic oxidation sites excluding steroid dienone is 1. The summed E-state index contributed by atoms with van der Waals surface area (Å²) in [6.07, 6.45) is 1.43. The van der Waals surface area contributed by atoms with E-state index in [1.54, 1.807) is 0 Å². The van der Waals surface area contributed by atoms with Crippen LogP contribution in [0.15, 0.2) is 54.4 Å². The predicted molar refractivity (Wildman–Crippen MR) is 65.6 cm³/mol. The monoisotopic (exact) mass is 248 g/mol. The van der Waals surface area contributed by atoms with Crippen LogP contribution in [0.4, 0.5) is 13.2 Å². The normalized spacial score (nSPS) is 11.6. The average Bonchev–Trinajstić information content (AvgIpc) is 2.35. The van der Waals surface area contributed by atoms with E-state index in [2.05, 4.69) is 0 Å². The Balaban J connectivity index is 2.09. The van der Waals surface area contributed by atoms with Gasteiger partial charge in [-0.2, -0.15) is 0 Å². The fourth-order valence-electron chi connectivity index (χ4n) is 1.59. The molecule has 0 spiro atoms. The van der Waals surface area contributed by atoms with Crippen LogP contribution in [-0.4, -0.2) is 0 Å². The molecular formula is C15H11F3. The maximum atomic E-state index is 13.6. The van der Waals surface area contributed by atoms with Gasteiger partial charge in [0.15, 0.2) is 0 Å². The highest BCUT2D eigenvalue weighted by Crippen LogP contribution is 2.14. The summed E-state index contributed by atoms with van der Waals surface area (Å²) in [6, 6.07) is 11.2. The van der Waals surface area contributed by atoms with Gasteiger partial charge in [0.1, 0.15) is 17.5 Å². The Kier molecular flexibility index (Phi) is 3.82. The number of hydrogen-bond acceptors (Lipinski definition) is 0. The van der Waals surface area contributed by atoms with Crippen molar-refractivity contribution in [2.24, 2.45) is 0 Å². The predicted octanol–water partition coefficient (Wildman–Crippen LogP) is 4.52. The standard InChI is InChI=1S/C15H11F3/c16-13-5-1-11(2-6-13)9-15(18)10-12-3-7-14(17)8-4-12/h1-9H,10H2/b15-9-. The number of rotatable bonds is 3. The summed E-state index contributed by atoms with van der Waals surface area (Å²) in [5.74, 6) is -1.05. The Labute approximate surface area is 103 Å². The highest BCUT2D eigenvalue weighted by molar-refractivity contribution is 5.51. The van der Waals surface area contributed by atoms with Gasteiger partial charge in [-0.25, -0.2) is 13.2 Å². The number of benzene rings is 2. The molecule has 0 aliphatic heterocycles. The van der Waals surface area contributed by atoms with Crippen LogP contribution in [0, 0.1) is 11.6 Å². The van der Waals surface area contributed by atoms with Crippen LogP contribution in [0.3, 0.4) is 0 Å². The second kappa shape index (κ2) is 5.54. The first-order chi connectivity index (χ1) is 8.63. The molecule has 0 aliphatic carbocycles. The molecular weight excluding hydrogens is 237 g/mol. The molecule has 2 rings (SSSR count). The van der Waals surface area contributed by atoms with E-state index in [0.29, 0.717) is 11.1 Å². The molecule has 0 heterocycles.